The van der Waals surface area contributed by atoms with Crippen molar-refractivity contribution in [2.24, 2.45) is 0 Å². The standard InChI is InChI=1S/C21H24FN3O/c22-20-9-5-4-8-18(20)10-13-23-21(26)24-19-11-14-25(15-12-19)16-17-6-2-1-3-7-17/h1-10,13,19H,11-12,14-16H2,(H2,23,24,26)/b13-10+. The molecule has 1 aliphatic heterocycles. The normalized spacial score (nSPS) is 15.9. The summed E-state index contributed by atoms with van der Waals surface area (Å²) < 4.78 is 13.5. The number of carbonyl (C=O) groups is 1. The molecule has 26 heavy (non-hydrogen) atoms. The van der Waals surface area contributed by atoms with Gasteiger partial charge in [0.05, 0.1) is 0 Å². The van der Waals surface area contributed by atoms with Crippen LogP contribution < -0.4 is 10.6 Å². The lowest BCUT2D eigenvalue weighted by molar-refractivity contribution is 0.187. The maximum Gasteiger partial charge on any atom is 0.318 e. The minimum atomic E-state index is -0.309. The van der Waals surface area contributed by atoms with E-state index < -0.39 is 0 Å². The Morgan fingerprint density at radius 1 is 1.08 bits per heavy atom. The van der Waals surface area contributed by atoms with Gasteiger partial charge in [0.15, 0.2) is 0 Å². The molecular formula is C21H24FN3O. The number of likely N-dealkylation sites (tertiary alicyclic amines) is 1. The number of rotatable bonds is 5. The van der Waals surface area contributed by atoms with Crippen LogP contribution in [0.4, 0.5) is 9.18 Å². The monoisotopic (exact) mass is 353 g/mol. The molecule has 0 unspecified atom stereocenters. The van der Waals surface area contributed by atoms with Crippen LogP contribution in [0.3, 0.4) is 0 Å². The summed E-state index contributed by atoms with van der Waals surface area (Å²) in [7, 11) is 0. The molecule has 0 bridgehead atoms. The molecule has 5 heteroatoms. The van der Waals surface area contributed by atoms with Crippen molar-refractivity contribution in [3.05, 3.63) is 77.7 Å². The molecule has 4 nitrogen and oxygen atoms in total. The Kier molecular flexibility index (Phi) is 6.39. The third kappa shape index (κ3) is 5.43. The number of amides is 2. The number of nitrogens with zero attached hydrogens (tertiary/aromatic N) is 1. The number of hydrogen-bond acceptors (Lipinski definition) is 2. The molecule has 2 N–H and O–H groups in total. The molecule has 2 amide bonds. The van der Waals surface area contributed by atoms with Crippen LogP contribution >= 0.6 is 0 Å². The van der Waals surface area contributed by atoms with Gasteiger partial charge in [-0.25, -0.2) is 9.18 Å². The predicted molar refractivity (Wildman–Crippen MR) is 102 cm³/mol. The molecule has 1 heterocycles. The number of halogens is 1. The first-order valence-corrected chi connectivity index (χ1v) is 8.95. The Balaban J connectivity index is 1.39. The van der Waals surface area contributed by atoms with Gasteiger partial charge in [-0.2, -0.15) is 0 Å². The van der Waals surface area contributed by atoms with Gasteiger partial charge in [-0.05, 0) is 30.5 Å². The third-order valence-electron chi connectivity index (χ3n) is 4.55. The van der Waals surface area contributed by atoms with Crippen LogP contribution in [0.1, 0.15) is 24.0 Å². The van der Waals surface area contributed by atoms with Crippen LogP contribution in [0.5, 0.6) is 0 Å². The van der Waals surface area contributed by atoms with E-state index in [2.05, 4.69) is 39.8 Å². The molecule has 0 aliphatic carbocycles. The van der Waals surface area contributed by atoms with E-state index in [1.54, 1.807) is 24.3 Å². The van der Waals surface area contributed by atoms with Gasteiger partial charge in [-0.1, -0.05) is 48.5 Å². The van der Waals surface area contributed by atoms with Gasteiger partial charge < -0.3 is 10.6 Å². The van der Waals surface area contributed by atoms with Gasteiger partial charge >= 0.3 is 6.03 Å². The molecule has 3 rings (SSSR count). The molecular weight excluding hydrogens is 329 g/mol. The van der Waals surface area contributed by atoms with E-state index in [-0.39, 0.29) is 17.9 Å². The second-order valence-electron chi connectivity index (χ2n) is 6.51. The molecule has 2 aromatic carbocycles. The maximum absolute atomic E-state index is 13.5. The lowest BCUT2D eigenvalue weighted by Crippen LogP contribution is -2.46. The second-order valence-corrected chi connectivity index (χ2v) is 6.51. The highest BCUT2D eigenvalue weighted by atomic mass is 19.1. The van der Waals surface area contributed by atoms with Crippen molar-refractivity contribution in [1.82, 2.24) is 15.5 Å². The zero-order valence-electron chi connectivity index (χ0n) is 14.7. The average Bonchev–Trinajstić information content (AvgIpc) is 2.66. The fourth-order valence-corrected chi connectivity index (χ4v) is 3.12. The highest BCUT2D eigenvalue weighted by Gasteiger charge is 2.20. The van der Waals surface area contributed by atoms with E-state index in [0.29, 0.717) is 5.56 Å². The molecule has 0 spiro atoms. The van der Waals surface area contributed by atoms with Crippen LogP contribution in [0.2, 0.25) is 0 Å². The van der Waals surface area contributed by atoms with Crippen LogP contribution in [0.25, 0.3) is 6.08 Å². The summed E-state index contributed by atoms with van der Waals surface area (Å²) in [6.07, 6.45) is 4.88. The first-order chi connectivity index (χ1) is 12.7. The summed E-state index contributed by atoms with van der Waals surface area (Å²) in [5.74, 6) is -0.309. The van der Waals surface area contributed by atoms with Gasteiger partial charge in [0, 0.05) is 37.4 Å². The lowest BCUT2D eigenvalue weighted by atomic mass is 10.0. The Bertz CT molecular complexity index is 740. The molecule has 0 aromatic heterocycles. The van der Waals surface area contributed by atoms with E-state index in [1.165, 1.54) is 17.8 Å². The quantitative estimate of drug-likeness (QED) is 0.860. The first-order valence-electron chi connectivity index (χ1n) is 8.95. The van der Waals surface area contributed by atoms with Crippen LogP contribution in [-0.2, 0) is 6.54 Å². The van der Waals surface area contributed by atoms with Crippen molar-refractivity contribution in [2.45, 2.75) is 25.4 Å². The SMILES string of the molecule is O=C(N/C=C/c1ccccc1F)NC1CCN(Cc2ccccc2)CC1. The summed E-state index contributed by atoms with van der Waals surface area (Å²) in [4.78, 5) is 14.4. The van der Waals surface area contributed by atoms with Gasteiger partial charge in [-0.3, -0.25) is 4.90 Å². The Morgan fingerprint density at radius 3 is 2.50 bits per heavy atom. The highest BCUT2D eigenvalue weighted by Crippen LogP contribution is 2.14. The van der Waals surface area contributed by atoms with Gasteiger partial charge in [0.1, 0.15) is 5.82 Å². The molecule has 0 radical (unpaired) electrons. The van der Waals surface area contributed by atoms with Crippen LogP contribution in [0.15, 0.2) is 60.8 Å². The summed E-state index contributed by atoms with van der Waals surface area (Å²) in [5, 5.41) is 5.63. The van der Waals surface area contributed by atoms with Crippen molar-refractivity contribution in [2.75, 3.05) is 13.1 Å². The zero-order valence-corrected chi connectivity index (χ0v) is 14.7. The molecule has 1 fully saturated rings. The van der Waals surface area contributed by atoms with Crippen molar-refractivity contribution < 1.29 is 9.18 Å². The fourth-order valence-electron chi connectivity index (χ4n) is 3.12. The number of piperidine rings is 1. The van der Waals surface area contributed by atoms with Gasteiger partial charge in [0.25, 0.3) is 0 Å². The summed E-state index contributed by atoms with van der Waals surface area (Å²) in [6, 6.07) is 16.8. The smallest absolute Gasteiger partial charge is 0.318 e. The topological polar surface area (TPSA) is 44.4 Å². The molecule has 0 saturated carbocycles. The van der Waals surface area contributed by atoms with Crippen molar-refractivity contribution in [1.29, 1.82) is 0 Å². The summed E-state index contributed by atoms with van der Waals surface area (Å²) >= 11 is 0. The minimum absolute atomic E-state index is 0.170. The summed E-state index contributed by atoms with van der Waals surface area (Å²) in [5.41, 5.74) is 1.76. The predicted octanol–water partition coefficient (Wildman–Crippen LogP) is 3.76. The largest absolute Gasteiger partial charge is 0.335 e. The van der Waals surface area contributed by atoms with Crippen LogP contribution in [0, 0.1) is 5.82 Å². The van der Waals surface area contributed by atoms with Crippen LogP contribution in [-0.4, -0.2) is 30.1 Å². The van der Waals surface area contributed by atoms with E-state index in [1.807, 2.05) is 6.07 Å². The highest BCUT2D eigenvalue weighted by molar-refractivity contribution is 5.76. The number of hydrogen-bond donors (Lipinski definition) is 2. The summed E-state index contributed by atoms with van der Waals surface area (Å²) in [6.45, 7) is 2.88. The van der Waals surface area contributed by atoms with E-state index in [9.17, 15) is 9.18 Å². The van der Waals surface area contributed by atoms with Gasteiger partial charge in [-0.15, -0.1) is 0 Å². The zero-order chi connectivity index (χ0) is 18.2. The Morgan fingerprint density at radius 2 is 1.77 bits per heavy atom. The van der Waals surface area contributed by atoms with E-state index in [0.717, 1.165) is 32.5 Å². The third-order valence-corrected chi connectivity index (χ3v) is 4.55. The second kappa shape index (κ2) is 9.15. The van der Waals surface area contributed by atoms with Gasteiger partial charge in [0.2, 0.25) is 0 Å². The minimum Gasteiger partial charge on any atom is -0.335 e. The fraction of sp³-hybridized carbons (Fsp3) is 0.286. The molecule has 136 valence electrons. The maximum atomic E-state index is 13.5. The Labute approximate surface area is 153 Å². The van der Waals surface area contributed by atoms with E-state index >= 15 is 0 Å². The number of nitrogens with one attached hydrogen (secondary N) is 2. The molecule has 1 saturated heterocycles. The molecule has 2 aromatic rings. The Hall–Kier alpha value is -2.66. The van der Waals surface area contributed by atoms with Crippen molar-refractivity contribution in [3.8, 4) is 0 Å². The van der Waals surface area contributed by atoms with Crippen molar-refractivity contribution in [3.63, 3.8) is 0 Å². The first kappa shape index (κ1) is 18.1. The average molecular weight is 353 g/mol. The van der Waals surface area contributed by atoms with Crippen molar-refractivity contribution >= 4 is 12.1 Å². The number of benzene rings is 2. The molecule has 0 atom stereocenters. The number of carbonyl (C=O) groups excluding carboxylic acids is 1. The lowest BCUT2D eigenvalue weighted by Gasteiger charge is -2.32. The van der Waals surface area contributed by atoms with E-state index in [4.69, 9.17) is 0 Å². The molecule has 1 aliphatic rings. The number of urea groups is 1.